The molecule has 0 atom stereocenters. The van der Waals surface area contributed by atoms with Crippen molar-refractivity contribution >= 4 is 11.9 Å². The van der Waals surface area contributed by atoms with Crippen molar-refractivity contribution in [3.8, 4) is 0 Å². The lowest BCUT2D eigenvalue weighted by Gasteiger charge is -2.25. The van der Waals surface area contributed by atoms with Crippen LogP contribution in [0.5, 0.6) is 0 Å². The van der Waals surface area contributed by atoms with Crippen LogP contribution in [0, 0.1) is 0 Å². The van der Waals surface area contributed by atoms with E-state index >= 15 is 0 Å². The first-order chi connectivity index (χ1) is 11.3. The first kappa shape index (κ1) is 16.5. The van der Waals surface area contributed by atoms with Crippen LogP contribution in [-0.4, -0.2) is 32.9 Å². The van der Waals surface area contributed by atoms with Crippen LogP contribution in [-0.2, 0) is 24.2 Å². The maximum atomic E-state index is 12.3. The zero-order chi connectivity index (χ0) is 17.3. The number of nitrogens with zero attached hydrogens (tertiary/aromatic N) is 3. The van der Waals surface area contributed by atoms with E-state index in [-0.39, 0.29) is 0 Å². The van der Waals surface area contributed by atoms with Crippen molar-refractivity contribution in [1.82, 2.24) is 14.7 Å². The van der Waals surface area contributed by atoms with Gasteiger partial charge in [-0.1, -0.05) is 30.3 Å². The fourth-order valence-electron chi connectivity index (χ4n) is 2.89. The van der Waals surface area contributed by atoms with E-state index in [0.717, 1.165) is 30.8 Å². The second-order valence-corrected chi connectivity index (χ2v) is 7.15. The third-order valence-electron chi connectivity index (χ3n) is 3.97. The highest BCUT2D eigenvalue weighted by Gasteiger charge is 2.27. The lowest BCUT2D eigenvalue weighted by molar-refractivity contribution is 0.0517. The Bertz CT molecular complexity index is 731. The predicted octanol–water partition coefficient (Wildman–Crippen LogP) is 2.81. The Balaban J connectivity index is 1.75. The number of rotatable bonds is 2. The van der Waals surface area contributed by atoms with Crippen LogP contribution < -0.4 is 5.73 Å². The number of nitrogen functional groups attached to an aromatic ring is 1. The van der Waals surface area contributed by atoms with Gasteiger partial charge in [-0.05, 0) is 32.8 Å². The summed E-state index contributed by atoms with van der Waals surface area (Å²) in [4.78, 5) is 14.6. The van der Waals surface area contributed by atoms with Crippen molar-refractivity contribution < 1.29 is 9.53 Å². The normalized spacial score (nSPS) is 15.1. The Kier molecular flexibility index (Phi) is 4.32. The maximum absolute atomic E-state index is 12.3. The van der Waals surface area contributed by atoms with Crippen molar-refractivity contribution in [2.24, 2.45) is 0 Å². The van der Waals surface area contributed by atoms with Crippen LogP contribution >= 0.6 is 0 Å². The Morgan fingerprint density at radius 2 is 2.00 bits per heavy atom. The standard InChI is InChI=1S/C18H24N4O2/c1-18(2,3)24-17(23)22-16(19)14-9-10-21(12-15(14)20-22)11-13-7-5-4-6-8-13/h4-8H,9-12,19H2,1-3H3. The molecule has 0 bridgehead atoms. The van der Waals surface area contributed by atoms with Crippen molar-refractivity contribution in [1.29, 1.82) is 0 Å². The van der Waals surface area contributed by atoms with Gasteiger partial charge >= 0.3 is 6.09 Å². The predicted molar refractivity (Wildman–Crippen MR) is 92.5 cm³/mol. The molecule has 0 saturated carbocycles. The van der Waals surface area contributed by atoms with E-state index < -0.39 is 11.7 Å². The highest BCUT2D eigenvalue weighted by atomic mass is 16.6. The molecule has 2 N–H and O–H groups in total. The van der Waals surface area contributed by atoms with Gasteiger partial charge in [0.15, 0.2) is 0 Å². The summed E-state index contributed by atoms with van der Waals surface area (Å²) in [5, 5.41) is 4.40. The van der Waals surface area contributed by atoms with Gasteiger partial charge in [0.2, 0.25) is 0 Å². The second kappa shape index (κ2) is 6.28. The minimum atomic E-state index is -0.574. The Morgan fingerprint density at radius 1 is 1.29 bits per heavy atom. The minimum absolute atomic E-state index is 0.401. The molecular formula is C18H24N4O2. The molecule has 0 fully saturated rings. The molecule has 24 heavy (non-hydrogen) atoms. The molecule has 1 aromatic carbocycles. The van der Waals surface area contributed by atoms with Crippen LogP contribution in [0.2, 0.25) is 0 Å². The number of hydrogen-bond acceptors (Lipinski definition) is 5. The number of hydrogen-bond donors (Lipinski definition) is 1. The summed E-state index contributed by atoms with van der Waals surface area (Å²) in [7, 11) is 0. The molecule has 0 amide bonds. The summed E-state index contributed by atoms with van der Waals surface area (Å²) in [5.74, 6) is 0.401. The summed E-state index contributed by atoms with van der Waals surface area (Å²) in [6, 6.07) is 10.3. The fourth-order valence-corrected chi connectivity index (χ4v) is 2.89. The monoisotopic (exact) mass is 328 g/mol. The molecule has 1 aliphatic rings. The Labute approximate surface area is 142 Å². The van der Waals surface area contributed by atoms with E-state index in [1.165, 1.54) is 10.2 Å². The Morgan fingerprint density at radius 3 is 2.67 bits per heavy atom. The first-order valence-corrected chi connectivity index (χ1v) is 8.19. The summed E-state index contributed by atoms with van der Waals surface area (Å²) in [6.07, 6.45) is 0.264. The molecule has 0 aliphatic carbocycles. The molecule has 0 saturated heterocycles. The molecule has 6 nitrogen and oxygen atoms in total. The van der Waals surface area contributed by atoms with Gasteiger partial charge in [0.25, 0.3) is 0 Å². The molecule has 0 spiro atoms. The fraction of sp³-hybridized carbons (Fsp3) is 0.444. The number of benzene rings is 1. The van der Waals surface area contributed by atoms with Gasteiger partial charge in [-0.15, -0.1) is 4.68 Å². The van der Waals surface area contributed by atoms with Crippen molar-refractivity contribution in [3.63, 3.8) is 0 Å². The van der Waals surface area contributed by atoms with Gasteiger partial charge in [-0.25, -0.2) is 4.79 Å². The average molecular weight is 328 g/mol. The molecule has 2 aromatic rings. The highest BCUT2D eigenvalue weighted by Crippen LogP contribution is 2.25. The zero-order valence-electron chi connectivity index (χ0n) is 14.5. The molecule has 6 heteroatoms. The van der Waals surface area contributed by atoms with E-state index in [9.17, 15) is 4.79 Å². The van der Waals surface area contributed by atoms with E-state index in [0.29, 0.717) is 12.4 Å². The van der Waals surface area contributed by atoms with E-state index in [2.05, 4.69) is 22.1 Å². The van der Waals surface area contributed by atoms with Crippen LogP contribution in [0.3, 0.4) is 0 Å². The van der Waals surface area contributed by atoms with Gasteiger partial charge in [0.1, 0.15) is 11.4 Å². The van der Waals surface area contributed by atoms with Gasteiger partial charge in [0, 0.05) is 25.2 Å². The summed E-state index contributed by atoms with van der Waals surface area (Å²) < 4.78 is 6.57. The van der Waals surface area contributed by atoms with Gasteiger partial charge in [-0.3, -0.25) is 4.90 Å². The van der Waals surface area contributed by atoms with Crippen molar-refractivity contribution in [3.05, 3.63) is 47.2 Å². The van der Waals surface area contributed by atoms with Crippen LogP contribution in [0.1, 0.15) is 37.6 Å². The molecule has 0 radical (unpaired) electrons. The number of ether oxygens (including phenoxy) is 1. The third-order valence-corrected chi connectivity index (χ3v) is 3.97. The van der Waals surface area contributed by atoms with Gasteiger partial charge < -0.3 is 10.5 Å². The van der Waals surface area contributed by atoms with E-state index in [4.69, 9.17) is 10.5 Å². The van der Waals surface area contributed by atoms with Gasteiger partial charge in [0.05, 0.1) is 5.69 Å². The lowest BCUT2D eigenvalue weighted by atomic mass is 10.1. The Hall–Kier alpha value is -2.34. The largest absolute Gasteiger partial charge is 0.442 e. The minimum Gasteiger partial charge on any atom is -0.442 e. The number of aromatic nitrogens is 2. The quantitative estimate of drug-likeness (QED) is 0.917. The average Bonchev–Trinajstić information content (AvgIpc) is 2.83. The van der Waals surface area contributed by atoms with Gasteiger partial charge in [-0.2, -0.15) is 5.10 Å². The maximum Gasteiger partial charge on any atom is 0.437 e. The van der Waals surface area contributed by atoms with E-state index in [1.54, 1.807) is 0 Å². The summed E-state index contributed by atoms with van der Waals surface area (Å²) in [5.41, 5.74) is 8.64. The molecule has 128 valence electrons. The first-order valence-electron chi connectivity index (χ1n) is 8.19. The van der Waals surface area contributed by atoms with Crippen LogP contribution in [0.15, 0.2) is 30.3 Å². The SMILES string of the molecule is CC(C)(C)OC(=O)n1nc2c(c1N)CCN(Cc1ccccc1)C2. The van der Waals surface area contributed by atoms with Crippen LogP contribution in [0.4, 0.5) is 10.6 Å². The lowest BCUT2D eigenvalue weighted by Crippen LogP contribution is -2.30. The number of nitrogens with two attached hydrogens (primary N) is 1. The van der Waals surface area contributed by atoms with Crippen molar-refractivity contribution in [2.75, 3.05) is 12.3 Å². The third kappa shape index (κ3) is 3.59. The van der Waals surface area contributed by atoms with E-state index in [1.807, 2.05) is 39.0 Å². The topological polar surface area (TPSA) is 73.4 Å². The molecule has 0 unspecified atom stereocenters. The molecule has 1 aliphatic heterocycles. The highest BCUT2D eigenvalue weighted by molar-refractivity contribution is 5.75. The van der Waals surface area contributed by atoms with Crippen LogP contribution in [0.25, 0.3) is 0 Å². The smallest absolute Gasteiger partial charge is 0.437 e. The molecule has 2 heterocycles. The molecular weight excluding hydrogens is 304 g/mol. The zero-order valence-corrected chi connectivity index (χ0v) is 14.5. The molecule has 1 aromatic heterocycles. The number of carbonyl (C=O) groups is 1. The summed E-state index contributed by atoms with van der Waals surface area (Å²) in [6.45, 7) is 7.92. The second-order valence-electron chi connectivity index (χ2n) is 7.15. The molecule has 3 rings (SSSR count). The van der Waals surface area contributed by atoms with Crippen molar-refractivity contribution in [2.45, 2.75) is 45.9 Å². The number of anilines is 1. The summed E-state index contributed by atoms with van der Waals surface area (Å²) >= 11 is 0. The number of carbonyl (C=O) groups excluding carboxylic acids is 1. The number of fused-ring (bicyclic) bond motifs is 1.